The van der Waals surface area contributed by atoms with Gasteiger partial charge in [0.25, 0.3) is 0 Å². The molecule has 0 aliphatic heterocycles. The summed E-state index contributed by atoms with van der Waals surface area (Å²) in [6, 6.07) is 0. The Bertz CT molecular complexity index is 314. The van der Waals surface area contributed by atoms with Crippen molar-refractivity contribution in [2.75, 3.05) is 0 Å². The third kappa shape index (κ3) is 51.3. The summed E-state index contributed by atoms with van der Waals surface area (Å²) in [5.74, 6) is -0.375. The first-order chi connectivity index (χ1) is 9.38. The Morgan fingerprint density at radius 3 is 0.500 bits per heavy atom. The number of carbonyl (C=O) groups is 6. The number of hydrogen-bond acceptors (Lipinski definition) is 6. The maximum Gasteiger partial charge on any atom is 0.137 e. The average Bonchev–Trinajstić information content (AvgIpc) is 2.10. The summed E-state index contributed by atoms with van der Waals surface area (Å²) in [6.45, 7) is 8.42. The molecule has 0 fully saturated rings. The minimum absolute atomic E-state index is 0. The maximum absolute atomic E-state index is 10.0. The van der Waals surface area contributed by atoms with Crippen molar-refractivity contribution in [1.29, 1.82) is 0 Å². The molecule has 1 radical (unpaired) electrons. The number of ketones is 6. The van der Waals surface area contributed by atoms with Crippen LogP contribution in [0.1, 0.15) is 60.8 Å². The smallest absolute Gasteiger partial charge is 0.137 e. The number of Topliss-reactive ketones (excluding diaryl/α,β-unsaturated/α-hetero) is 6. The number of hydrogen-bond donors (Lipinski definition) is 0. The van der Waals surface area contributed by atoms with E-state index in [0.29, 0.717) is 0 Å². The molecular formula is C15H24MnO6. The van der Waals surface area contributed by atoms with Crippen LogP contribution in [0.5, 0.6) is 0 Å². The zero-order chi connectivity index (χ0) is 17.6. The first-order valence-electron chi connectivity index (χ1n) is 6.35. The van der Waals surface area contributed by atoms with Crippen molar-refractivity contribution in [3.8, 4) is 0 Å². The van der Waals surface area contributed by atoms with Crippen LogP contribution in [0.2, 0.25) is 0 Å². The van der Waals surface area contributed by atoms with Gasteiger partial charge in [0.05, 0.1) is 19.3 Å². The quantitative estimate of drug-likeness (QED) is 0.530. The Kier molecular flexibility index (Phi) is 22.9. The van der Waals surface area contributed by atoms with Crippen LogP contribution >= 0.6 is 0 Å². The van der Waals surface area contributed by atoms with Crippen molar-refractivity contribution >= 4 is 34.7 Å². The maximum atomic E-state index is 10.0. The van der Waals surface area contributed by atoms with E-state index in [1.165, 1.54) is 41.5 Å². The van der Waals surface area contributed by atoms with Gasteiger partial charge in [-0.15, -0.1) is 0 Å². The van der Waals surface area contributed by atoms with Crippen molar-refractivity contribution in [3.05, 3.63) is 0 Å². The standard InChI is InChI=1S/3C5H8O2.Mn/c3*1-4(6)3-5(2)7;/h3*3H2,1-2H3;. The molecule has 7 heteroatoms. The molecule has 0 aromatic carbocycles. The normalized spacial score (nSPS) is 7.91. The van der Waals surface area contributed by atoms with E-state index in [2.05, 4.69) is 0 Å². The first-order valence-corrected chi connectivity index (χ1v) is 6.35. The molecule has 0 heterocycles. The zero-order valence-electron chi connectivity index (χ0n) is 13.9. The van der Waals surface area contributed by atoms with Gasteiger partial charge in [0.2, 0.25) is 0 Å². The van der Waals surface area contributed by atoms with Crippen LogP contribution in [0.3, 0.4) is 0 Å². The Labute approximate surface area is 141 Å². The van der Waals surface area contributed by atoms with Gasteiger partial charge in [0.15, 0.2) is 0 Å². The minimum atomic E-state index is -0.0625. The second kappa shape index (κ2) is 17.6. The molecule has 0 rings (SSSR count). The van der Waals surface area contributed by atoms with Crippen molar-refractivity contribution in [2.24, 2.45) is 0 Å². The fourth-order valence-electron chi connectivity index (χ4n) is 1.05. The molecule has 0 atom stereocenters. The SMILES string of the molecule is CC(=O)CC(C)=O.CC(=O)CC(C)=O.CC(=O)CC(C)=O.[Mn]. The van der Waals surface area contributed by atoms with E-state index in [9.17, 15) is 28.8 Å². The van der Waals surface area contributed by atoms with E-state index in [4.69, 9.17) is 0 Å². The van der Waals surface area contributed by atoms with E-state index in [0.717, 1.165) is 0 Å². The van der Waals surface area contributed by atoms with Crippen molar-refractivity contribution < 1.29 is 45.8 Å². The first kappa shape index (κ1) is 28.7. The van der Waals surface area contributed by atoms with Crippen LogP contribution in [0.15, 0.2) is 0 Å². The van der Waals surface area contributed by atoms with Gasteiger partial charge in [0.1, 0.15) is 34.7 Å². The van der Waals surface area contributed by atoms with Crippen LogP contribution in [-0.4, -0.2) is 34.7 Å². The second-order valence-electron chi connectivity index (χ2n) is 4.74. The summed E-state index contributed by atoms with van der Waals surface area (Å²) in [6.07, 6.45) is 0.250. The Hall–Kier alpha value is -1.46. The van der Waals surface area contributed by atoms with Gasteiger partial charge in [-0.25, -0.2) is 0 Å². The zero-order valence-corrected chi connectivity index (χ0v) is 15.1. The van der Waals surface area contributed by atoms with Crippen molar-refractivity contribution in [3.63, 3.8) is 0 Å². The van der Waals surface area contributed by atoms with Crippen LogP contribution < -0.4 is 0 Å². The van der Waals surface area contributed by atoms with Gasteiger partial charge < -0.3 is 0 Å². The molecule has 0 saturated carbocycles. The van der Waals surface area contributed by atoms with E-state index >= 15 is 0 Å². The number of carbonyl (C=O) groups excluding carboxylic acids is 6. The molecule has 127 valence electrons. The van der Waals surface area contributed by atoms with E-state index in [1.807, 2.05) is 0 Å². The van der Waals surface area contributed by atoms with Gasteiger partial charge in [-0.1, -0.05) is 0 Å². The van der Waals surface area contributed by atoms with E-state index in [1.54, 1.807) is 0 Å². The van der Waals surface area contributed by atoms with Crippen LogP contribution in [0, 0.1) is 0 Å². The fourth-order valence-corrected chi connectivity index (χ4v) is 1.05. The molecular weight excluding hydrogens is 331 g/mol. The summed E-state index contributed by atoms with van der Waals surface area (Å²) in [5.41, 5.74) is 0. The molecule has 0 unspecified atom stereocenters. The van der Waals surface area contributed by atoms with E-state index < -0.39 is 0 Å². The third-order valence-electron chi connectivity index (χ3n) is 1.49. The Morgan fingerprint density at radius 2 is 0.500 bits per heavy atom. The molecule has 22 heavy (non-hydrogen) atoms. The molecule has 0 spiro atoms. The Balaban J connectivity index is -0.000000108. The number of rotatable bonds is 6. The molecule has 6 nitrogen and oxygen atoms in total. The summed E-state index contributed by atoms with van der Waals surface area (Å²) in [4.78, 5) is 60.2. The van der Waals surface area contributed by atoms with Crippen LogP contribution in [0.4, 0.5) is 0 Å². The summed E-state index contributed by atoms with van der Waals surface area (Å²) in [7, 11) is 0. The predicted octanol–water partition coefficient (Wildman–Crippen LogP) is 1.66. The topological polar surface area (TPSA) is 102 Å². The molecule has 0 aliphatic carbocycles. The monoisotopic (exact) mass is 355 g/mol. The predicted molar refractivity (Wildman–Crippen MR) is 77.9 cm³/mol. The Morgan fingerprint density at radius 1 is 0.409 bits per heavy atom. The fraction of sp³-hybridized carbons (Fsp3) is 0.600. The van der Waals surface area contributed by atoms with Crippen LogP contribution in [0.25, 0.3) is 0 Å². The molecule has 0 amide bonds. The van der Waals surface area contributed by atoms with Gasteiger partial charge in [0, 0.05) is 17.1 Å². The van der Waals surface area contributed by atoms with Crippen molar-refractivity contribution in [2.45, 2.75) is 60.8 Å². The minimum Gasteiger partial charge on any atom is -0.300 e. The largest absolute Gasteiger partial charge is 0.300 e. The average molecular weight is 355 g/mol. The van der Waals surface area contributed by atoms with E-state index in [-0.39, 0.29) is 71.0 Å². The molecule has 0 N–H and O–H groups in total. The van der Waals surface area contributed by atoms with Gasteiger partial charge >= 0.3 is 0 Å². The second-order valence-corrected chi connectivity index (χ2v) is 4.74. The molecule has 0 saturated heterocycles. The van der Waals surface area contributed by atoms with Gasteiger partial charge in [-0.3, -0.25) is 28.8 Å². The molecule has 0 aliphatic rings. The molecule has 0 aromatic heterocycles. The van der Waals surface area contributed by atoms with Gasteiger partial charge in [-0.2, -0.15) is 0 Å². The van der Waals surface area contributed by atoms with Crippen LogP contribution in [-0.2, 0) is 45.8 Å². The summed E-state index contributed by atoms with van der Waals surface area (Å²) < 4.78 is 0. The molecule has 0 aromatic rings. The van der Waals surface area contributed by atoms with Gasteiger partial charge in [-0.05, 0) is 41.5 Å². The van der Waals surface area contributed by atoms with Crippen molar-refractivity contribution in [1.82, 2.24) is 0 Å². The summed E-state index contributed by atoms with van der Waals surface area (Å²) >= 11 is 0. The summed E-state index contributed by atoms with van der Waals surface area (Å²) in [5, 5.41) is 0. The molecule has 0 bridgehead atoms. The third-order valence-corrected chi connectivity index (χ3v) is 1.49.